The number of anilines is 1. The number of carbonyl (C=O) groups excluding carboxylic acids is 1. The van der Waals surface area contributed by atoms with Crippen LogP contribution in [-0.4, -0.2) is 64.2 Å². The number of hydrogen-bond donors (Lipinski definition) is 3. The van der Waals surface area contributed by atoms with Gasteiger partial charge in [0.15, 0.2) is 0 Å². The number of carbonyl (C=O) groups is 2. The maximum absolute atomic E-state index is 12.5. The van der Waals surface area contributed by atoms with Crippen molar-refractivity contribution in [2.45, 2.75) is 12.0 Å². The number of ether oxygens (including phenoxy) is 1. The van der Waals surface area contributed by atoms with E-state index in [1.54, 1.807) is 0 Å². The first-order valence-electron chi connectivity index (χ1n) is 10.9. The van der Waals surface area contributed by atoms with Crippen LogP contribution in [0.4, 0.5) is 16.2 Å². The zero-order valence-electron chi connectivity index (χ0n) is 18.6. The first kappa shape index (κ1) is 23.5. The third-order valence-electron chi connectivity index (χ3n) is 6.02. The van der Waals surface area contributed by atoms with Crippen molar-refractivity contribution in [3.63, 3.8) is 0 Å². The average Bonchev–Trinajstić information content (AvgIpc) is 3.48. The molecule has 0 bridgehead atoms. The third-order valence-corrected chi connectivity index (χ3v) is 7.13. The zero-order chi connectivity index (χ0) is 25.2. The number of carboxylic acids is 1. The summed E-state index contributed by atoms with van der Waals surface area (Å²) in [5.41, 5.74) is 4.99. The summed E-state index contributed by atoms with van der Waals surface area (Å²) in [5.74, 6) is -1.42. The summed E-state index contributed by atoms with van der Waals surface area (Å²) in [6.07, 6.45) is -0.858. The molecule has 12 heteroatoms. The second kappa shape index (κ2) is 9.76. The van der Waals surface area contributed by atoms with Gasteiger partial charge in [0.1, 0.15) is 0 Å². The standard InChI is InChI=1S/C24H19N5O6Se/c30-23(31)19(11-25-18-9-10-20(29(33)34)22-21(18)27-36-28-22)26-24(32)35-12-17-15-7-3-1-5-13(15)14-6-2-4-8-16(14)17/h1-10,17,19,25H,11-12H2,(H,26,32)(H,30,31)/t19-/m0/s1. The van der Waals surface area contributed by atoms with Crippen molar-refractivity contribution in [3.8, 4) is 11.1 Å². The Balaban J connectivity index is 1.24. The Labute approximate surface area is 210 Å². The van der Waals surface area contributed by atoms with Gasteiger partial charge in [-0.3, -0.25) is 0 Å². The van der Waals surface area contributed by atoms with E-state index in [2.05, 4.69) is 18.6 Å². The average molecular weight is 552 g/mol. The van der Waals surface area contributed by atoms with Gasteiger partial charge in [-0.1, -0.05) is 48.5 Å². The maximum atomic E-state index is 12.5. The number of aromatic nitrogens is 2. The molecule has 3 aromatic carbocycles. The van der Waals surface area contributed by atoms with Crippen LogP contribution in [0.1, 0.15) is 17.0 Å². The number of aliphatic carboxylic acids is 1. The van der Waals surface area contributed by atoms with Crippen LogP contribution in [0.3, 0.4) is 0 Å². The fourth-order valence-electron chi connectivity index (χ4n) is 4.34. The van der Waals surface area contributed by atoms with Gasteiger partial charge in [0, 0.05) is 0 Å². The first-order valence-corrected chi connectivity index (χ1v) is 12.4. The number of fused-ring (bicyclic) bond motifs is 4. The van der Waals surface area contributed by atoms with Crippen LogP contribution >= 0.6 is 0 Å². The Morgan fingerprint density at radius 1 is 1.03 bits per heavy atom. The minimum absolute atomic E-state index is 0.0535. The molecule has 0 radical (unpaired) electrons. The second-order valence-corrected chi connectivity index (χ2v) is 9.20. The Kier molecular flexibility index (Phi) is 6.36. The van der Waals surface area contributed by atoms with Gasteiger partial charge in [0.2, 0.25) is 0 Å². The Bertz CT molecular complexity index is 1440. The van der Waals surface area contributed by atoms with Gasteiger partial charge < -0.3 is 0 Å². The van der Waals surface area contributed by atoms with Crippen molar-refractivity contribution in [2.24, 2.45) is 0 Å². The Morgan fingerprint density at radius 2 is 1.67 bits per heavy atom. The predicted molar refractivity (Wildman–Crippen MR) is 131 cm³/mol. The van der Waals surface area contributed by atoms with Crippen molar-refractivity contribution in [1.29, 1.82) is 0 Å². The number of non-ortho nitro benzene ring substituents is 1. The van der Waals surface area contributed by atoms with E-state index in [4.69, 9.17) is 4.74 Å². The summed E-state index contributed by atoms with van der Waals surface area (Å²) < 4.78 is 13.7. The summed E-state index contributed by atoms with van der Waals surface area (Å²) in [4.78, 5) is 35.0. The minimum Gasteiger partial charge on any atom is -0.0619 e. The molecular weight excluding hydrogens is 533 g/mol. The Morgan fingerprint density at radius 3 is 2.31 bits per heavy atom. The smallest absolute Gasteiger partial charge is 0.0619 e. The number of benzene rings is 3. The number of nitro groups is 1. The van der Waals surface area contributed by atoms with E-state index in [9.17, 15) is 24.8 Å². The van der Waals surface area contributed by atoms with Gasteiger partial charge in [-0.25, -0.2) is 0 Å². The number of hydrogen-bond acceptors (Lipinski definition) is 8. The molecule has 182 valence electrons. The van der Waals surface area contributed by atoms with E-state index in [0.717, 1.165) is 22.3 Å². The predicted octanol–water partition coefficient (Wildman–Crippen LogP) is 3.00. The molecule has 1 aliphatic carbocycles. The molecule has 11 nitrogen and oxygen atoms in total. The molecule has 36 heavy (non-hydrogen) atoms. The van der Waals surface area contributed by atoms with E-state index in [1.807, 2.05) is 48.5 Å². The summed E-state index contributed by atoms with van der Waals surface area (Å²) in [6.45, 7) is -0.135. The summed E-state index contributed by atoms with van der Waals surface area (Å²) in [6, 6.07) is 17.2. The summed E-state index contributed by atoms with van der Waals surface area (Å²) >= 11 is -0.517. The molecule has 1 aromatic heterocycles. The molecule has 1 aliphatic rings. The number of nitrogens with zero attached hydrogens (tertiary/aromatic N) is 3. The van der Waals surface area contributed by atoms with Crippen molar-refractivity contribution in [2.75, 3.05) is 18.5 Å². The normalized spacial score (nSPS) is 13.0. The summed E-state index contributed by atoms with van der Waals surface area (Å²) in [7, 11) is 0. The van der Waals surface area contributed by atoms with Crippen LogP contribution in [0.2, 0.25) is 0 Å². The number of rotatable bonds is 8. The zero-order valence-corrected chi connectivity index (χ0v) is 20.3. The van der Waals surface area contributed by atoms with Crippen LogP contribution < -0.4 is 10.6 Å². The monoisotopic (exact) mass is 553 g/mol. The third kappa shape index (κ3) is 4.39. The molecule has 0 aliphatic heterocycles. The van der Waals surface area contributed by atoms with Crippen molar-refractivity contribution < 1.29 is 24.4 Å². The molecule has 4 aromatic rings. The fraction of sp³-hybridized carbons (Fsp3) is 0.167. The van der Waals surface area contributed by atoms with Crippen LogP contribution in [-0.2, 0) is 9.53 Å². The van der Waals surface area contributed by atoms with Gasteiger partial charge in [-0.2, -0.15) is 0 Å². The molecule has 1 amide bonds. The van der Waals surface area contributed by atoms with E-state index in [-0.39, 0.29) is 30.3 Å². The number of amides is 1. The van der Waals surface area contributed by atoms with E-state index in [1.165, 1.54) is 12.1 Å². The van der Waals surface area contributed by atoms with Crippen molar-refractivity contribution in [3.05, 3.63) is 81.9 Å². The molecule has 1 heterocycles. The van der Waals surface area contributed by atoms with E-state index in [0.29, 0.717) is 11.2 Å². The SMILES string of the molecule is O=C(N[C@@H](CNc1ccc([N+](=O)[O-])c2n[se]nc12)C(=O)O)OCC1c2ccccc2-c2ccccc21. The molecule has 0 spiro atoms. The quantitative estimate of drug-likeness (QED) is 0.170. The second-order valence-electron chi connectivity index (χ2n) is 8.09. The van der Waals surface area contributed by atoms with E-state index < -0.39 is 38.0 Å². The molecule has 0 saturated heterocycles. The Hall–Kier alpha value is -4.28. The number of nitrogens with one attached hydrogen (secondary N) is 2. The fourth-order valence-corrected chi connectivity index (χ4v) is 5.53. The van der Waals surface area contributed by atoms with Gasteiger partial charge in [0.05, 0.1) is 0 Å². The van der Waals surface area contributed by atoms with Gasteiger partial charge in [-0.05, 0) is 11.1 Å². The van der Waals surface area contributed by atoms with Crippen LogP contribution in [0.5, 0.6) is 0 Å². The van der Waals surface area contributed by atoms with Crippen LogP contribution in [0.15, 0.2) is 60.7 Å². The molecule has 1 atom stereocenters. The summed E-state index contributed by atoms with van der Waals surface area (Å²) in [5, 5.41) is 26.1. The molecule has 0 fully saturated rings. The van der Waals surface area contributed by atoms with Gasteiger partial charge in [-0.15, -0.1) is 0 Å². The van der Waals surface area contributed by atoms with Crippen LogP contribution in [0.25, 0.3) is 22.2 Å². The van der Waals surface area contributed by atoms with Gasteiger partial charge in [0.25, 0.3) is 0 Å². The number of carboxylic acid groups (broad SMARTS) is 1. The number of nitro benzene ring substituents is 1. The minimum atomic E-state index is -1.31. The van der Waals surface area contributed by atoms with Crippen molar-refractivity contribution >= 4 is 49.4 Å². The molecule has 5 rings (SSSR count). The van der Waals surface area contributed by atoms with Crippen LogP contribution in [0, 0.1) is 10.1 Å². The molecule has 3 N–H and O–H groups in total. The topological polar surface area (TPSA) is 157 Å². The van der Waals surface area contributed by atoms with Crippen molar-refractivity contribution in [1.82, 2.24) is 13.3 Å². The first-order chi connectivity index (χ1) is 17.4. The number of alkyl carbamates (subject to hydrolysis) is 1. The van der Waals surface area contributed by atoms with E-state index >= 15 is 0 Å². The molecular formula is C24H19N5O6Se. The van der Waals surface area contributed by atoms with Gasteiger partial charge >= 0.3 is 151 Å². The molecule has 0 unspecified atom stereocenters. The molecule has 0 saturated carbocycles.